The van der Waals surface area contributed by atoms with E-state index in [1.807, 2.05) is 61.5 Å². The average molecular weight is 452 g/mol. The number of hydrogen-bond acceptors (Lipinski definition) is 6. The van der Waals surface area contributed by atoms with Gasteiger partial charge in [-0.25, -0.2) is 0 Å². The van der Waals surface area contributed by atoms with Crippen LogP contribution in [-0.4, -0.2) is 17.7 Å². The second-order valence-electron chi connectivity index (χ2n) is 8.22. The summed E-state index contributed by atoms with van der Waals surface area (Å²) >= 11 is 0. The molecule has 0 bridgehead atoms. The molecular weight excluding hydrogens is 432 g/mol. The van der Waals surface area contributed by atoms with E-state index in [4.69, 9.17) is 13.7 Å². The van der Waals surface area contributed by atoms with Gasteiger partial charge in [0.15, 0.2) is 11.2 Å². The lowest BCUT2D eigenvalue weighted by Crippen LogP contribution is -2.29. The molecular formula is C27H20N2O5. The van der Waals surface area contributed by atoms with E-state index in [-0.39, 0.29) is 16.8 Å². The van der Waals surface area contributed by atoms with Gasteiger partial charge >= 0.3 is 0 Å². The van der Waals surface area contributed by atoms with Crippen LogP contribution < -0.4 is 15.1 Å². The number of aromatic nitrogens is 1. The van der Waals surface area contributed by atoms with Crippen molar-refractivity contribution in [2.24, 2.45) is 0 Å². The number of ether oxygens (including phenoxy) is 1. The zero-order valence-corrected chi connectivity index (χ0v) is 18.6. The van der Waals surface area contributed by atoms with E-state index < -0.39 is 11.9 Å². The van der Waals surface area contributed by atoms with E-state index in [9.17, 15) is 9.59 Å². The van der Waals surface area contributed by atoms with E-state index in [2.05, 4.69) is 5.16 Å². The number of anilines is 1. The fourth-order valence-corrected chi connectivity index (χ4v) is 4.66. The molecule has 0 aliphatic carbocycles. The first-order valence-electron chi connectivity index (χ1n) is 11.0. The standard InChI is InChI=1S/C27H20N2O5/c1-3-32-18-9-6-8-17(14-18)23-22-24(30)20-12-11-16-7-4-5-10-19(16)25(20)33-26(22)27(31)29(23)21-13-15(2)34-28-21/h4-14,23H,3H2,1-2H3/t23-/m1/s1. The Balaban J connectivity index is 1.66. The van der Waals surface area contributed by atoms with Crippen LogP contribution in [0.15, 0.2) is 80.5 Å². The lowest BCUT2D eigenvalue weighted by atomic mass is 9.97. The molecule has 0 radical (unpaired) electrons. The number of amides is 1. The minimum Gasteiger partial charge on any atom is -0.494 e. The third kappa shape index (κ3) is 2.94. The van der Waals surface area contributed by atoms with Gasteiger partial charge in [-0.15, -0.1) is 0 Å². The third-order valence-corrected chi connectivity index (χ3v) is 6.11. The molecule has 0 N–H and O–H groups in total. The molecule has 5 aromatic rings. The van der Waals surface area contributed by atoms with Crippen molar-refractivity contribution >= 4 is 33.5 Å². The highest BCUT2D eigenvalue weighted by Gasteiger charge is 2.45. The quantitative estimate of drug-likeness (QED) is 0.340. The SMILES string of the molecule is CCOc1cccc([C@@H]2c3c(oc4c(ccc5ccccc54)c3=O)C(=O)N2c2cc(C)on2)c1. The van der Waals surface area contributed by atoms with Crippen molar-refractivity contribution < 1.29 is 18.5 Å². The topological polar surface area (TPSA) is 85.8 Å². The summed E-state index contributed by atoms with van der Waals surface area (Å²) in [5, 5.41) is 6.20. The molecule has 0 fully saturated rings. The van der Waals surface area contributed by atoms with Crippen LogP contribution in [0.4, 0.5) is 5.82 Å². The predicted octanol–water partition coefficient (Wildman–Crippen LogP) is 5.39. The maximum Gasteiger partial charge on any atom is 0.296 e. The van der Waals surface area contributed by atoms with E-state index in [1.165, 1.54) is 4.90 Å². The maximum absolute atomic E-state index is 13.9. The van der Waals surface area contributed by atoms with Gasteiger partial charge in [0.1, 0.15) is 17.1 Å². The van der Waals surface area contributed by atoms with Crippen LogP contribution in [0.2, 0.25) is 0 Å². The van der Waals surface area contributed by atoms with Crippen molar-refractivity contribution in [3.8, 4) is 5.75 Å². The molecule has 6 rings (SSSR count). The van der Waals surface area contributed by atoms with Gasteiger partial charge in [-0.2, -0.15) is 0 Å². The molecule has 0 saturated carbocycles. The van der Waals surface area contributed by atoms with Gasteiger partial charge in [0.25, 0.3) is 5.91 Å². The van der Waals surface area contributed by atoms with Crippen molar-refractivity contribution in [3.05, 3.63) is 99.6 Å². The summed E-state index contributed by atoms with van der Waals surface area (Å²) < 4.78 is 17.2. The molecule has 1 amide bonds. The first kappa shape index (κ1) is 20.2. The van der Waals surface area contributed by atoms with Gasteiger partial charge < -0.3 is 13.7 Å². The Hall–Kier alpha value is -4.39. The van der Waals surface area contributed by atoms with Gasteiger partial charge in [-0.05, 0) is 43.0 Å². The highest BCUT2D eigenvalue weighted by Crippen LogP contribution is 2.42. The Kier molecular flexibility index (Phi) is 4.52. The Bertz CT molecular complexity index is 1650. The van der Waals surface area contributed by atoms with E-state index >= 15 is 0 Å². The van der Waals surface area contributed by atoms with Crippen molar-refractivity contribution in [2.75, 3.05) is 11.5 Å². The van der Waals surface area contributed by atoms with Gasteiger partial charge in [0, 0.05) is 11.5 Å². The van der Waals surface area contributed by atoms with Gasteiger partial charge in [0.2, 0.25) is 5.76 Å². The fourth-order valence-electron chi connectivity index (χ4n) is 4.66. The lowest BCUT2D eigenvalue weighted by Gasteiger charge is -2.22. The minimum atomic E-state index is -0.737. The van der Waals surface area contributed by atoms with Crippen molar-refractivity contribution in [1.29, 1.82) is 0 Å². The van der Waals surface area contributed by atoms with Crippen LogP contribution in [0, 0.1) is 6.92 Å². The van der Waals surface area contributed by atoms with Crippen molar-refractivity contribution in [3.63, 3.8) is 0 Å². The number of fused-ring (bicyclic) bond motifs is 4. The Morgan fingerprint density at radius 1 is 1.00 bits per heavy atom. The summed E-state index contributed by atoms with van der Waals surface area (Å²) in [7, 11) is 0. The molecule has 7 nitrogen and oxygen atoms in total. The highest BCUT2D eigenvalue weighted by molar-refractivity contribution is 6.12. The molecule has 3 aromatic carbocycles. The van der Waals surface area contributed by atoms with Crippen molar-refractivity contribution in [1.82, 2.24) is 5.16 Å². The van der Waals surface area contributed by atoms with Crippen LogP contribution in [0.5, 0.6) is 5.75 Å². The summed E-state index contributed by atoms with van der Waals surface area (Å²) in [6.45, 7) is 4.14. The van der Waals surface area contributed by atoms with Crippen LogP contribution in [-0.2, 0) is 0 Å². The molecule has 0 spiro atoms. The number of aryl methyl sites for hydroxylation is 1. The first-order chi connectivity index (χ1) is 16.6. The number of rotatable bonds is 4. The first-order valence-corrected chi connectivity index (χ1v) is 11.0. The third-order valence-electron chi connectivity index (χ3n) is 6.11. The summed E-state index contributed by atoms with van der Waals surface area (Å²) in [6, 6.07) is 19.6. The Morgan fingerprint density at radius 3 is 2.65 bits per heavy atom. The molecule has 3 heterocycles. The lowest BCUT2D eigenvalue weighted by molar-refractivity contribution is 0.0969. The predicted molar refractivity (Wildman–Crippen MR) is 127 cm³/mol. The maximum atomic E-state index is 13.9. The molecule has 34 heavy (non-hydrogen) atoms. The van der Waals surface area contributed by atoms with Crippen LogP contribution in [0.1, 0.15) is 40.4 Å². The van der Waals surface area contributed by atoms with Gasteiger partial charge in [-0.3, -0.25) is 14.5 Å². The summed E-state index contributed by atoms with van der Waals surface area (Å²) in [5.41, 5.74) is 1.15. The zero-order valence-electron chi connectivity index (χ0n) is 18.6. The summed E-state index contributed by atoms with van der Waals surface area (Å²) in [6.07, 6.45) is 0. The van der Waals surface area contributed by atoms with Crippen LogP contribution >= 0.6 is 0 Å². The monoisotopic (exact) mass is 452 g/mol. The van der Waals surface area contributed by atoms with E-state index in [1.54, 1.807) is 19.1 Å². The summed E-state index contributed by atoms with van der Waals surface area (Å²) in [4.78, 5) is 29.0. The van der Waals surface area contributed by atoms with Gasteiger partial charge in [-0.1, -0.05) is 47.6 Å². The zero-order chi connectivity index (χ0) is 23.4. The van der Waals surface area contributed by atoms with Crippen molar-refractivity contribution in [2.45, 2.75) is 19.9 Å². The fraction of sp³-hybridized carbons (Fsp3) is 0.148. The minimum absolute atomic E-state index is 0.0151. The Labute approximate surface area is 194 Å². The average Bonchev–Trinajstić information content (AvgIpc) is 3.40. The van der Waals surface area contributed by atoms with Crippen LogP contribution in [0.3, 0.4) is 0 Å². The number of hydrogen-bond donors (Lipinski definition) is 0. The van der Waals surface area contributed by atoms with E-state index in [0.29, 0.717) is 40.5 Å². The molecule has 1 aliphatic heterocycles. The largest absolute Gasteiger partial charge is 0.494 e. The highest BCUT2D eigenvalue weighted by atomic mass is 16.5. The van der Waals surface area contributed by atoms with Crippen LogP contribution in [0.25, 0.3) is 21.7 Å². The molecule has 0 saturated heterocycles. The Morgan fingerprint density at radius 2 is 1.85 bits per heavy atom. The molecule has 7 heteroatoms. The second-order valence-corrected chi connectivity index (χ2v) is 8.22. The van der Waals surface area contributed by atoms with E-state index in [0.717, 1.165) is 10.8 Å². The molecule has 0 unspecified atom stereocenters. The molecule has 168 valence electrons. The number of carbonyl (C=O) groups is 1. The van der Waals surface area contributed by atoms with Gasteiger partial charge in [0.05, 0.1) is 23.6 Å². The summed E-state index contributed by atoms with van der Waals surface area (Å²) in [5.74, 6) is 1.08. The second kappa shape index (κ2) is 7.59. The normalized spacial score (nSPS) is 15.3. The number of benzene rings is 3. The molecule has 1 aliphatic rings. The smallest absolute Gasteiger partial charge is 0.296 e. The number of nitrogens with zero attached hydrogens (tertiary/aromatic N) is 2. The molecule has 2 aromatic heterocycles. The number of carbonyl (C=O) groups excluding carboxylic acids is 1. The molecule has 1 atom stereocenters.